The molecular formula is C20H24N2O3. The average molecular weight is 340 g/mol. The maximum atomic E-state index is 12.5. The summed E-state index contributed by atoms with van der Waals surface area (Å²) in [6, 6.07) is 11.0. The molecule has 2 atom stereocenters. The number of hydrogen-bond acceptors (Lipinski definition) is 4. The molecule has 1 aromatic heterocycles. The number of amides is 1. The number of nitrogens with one attached hydrogen (secondary N) is 1. The molecule has 1 fully saturated rings. The van der Waals surface area contributed by atoms with Crippen LogP contribution in [0.15, 0.2) is 42.6 Å². The minimum Gasteiger partial charge on any atom is -0.496 e. The summed E-state index contributed by atoms with van der Waals surface area (Å²) in [4.78, 5) is 16.9. The Balaban J connectivity index is 1.72. The topological polar surface area (TPSA) is 71.5 Å². The van der Waals surface area contributed by atoms with Gasteiger partial charge >= 0.3 is 0 Å². The van der Waals surface area contributed by atoms with Crippen molar-refractivity contribution in [1.29, 1.82) is 0 Å². The number of methoxy groups -OCH3 is 1. The van der Waals surface area contributed by atoms with Crippen molar-refractivity contribution in [3.63, 3.8) is 0 Å². The monoisotopic (exact) mass is 340 g/mol. The molecule has 1 saturated carbocycles. The molecule has 1 aromatic carbocycles. The highest BCUT2D eigenvalue weighted by Gasteiger charge is 2.21. The van der Waals surface area contributed by atoms with E-state index >= 15 is 0 Å². The molecule has 0 bridgehead atoms. The van der Waals surface area contributed by atoms with Crippen LogP contribution in [0.4, 0.5) is 0 Å². The van der Waals surface area contributed by atoms with E-state index in [1.807, 2.05) is 24.3 Å². The number of hydrogen-bond donors (Lipinski definition) is 2. The van der Waals surface area contributed by atoms with E-state index in [9.17, 15) is 9.90 Å². The second-order valence-corrected chi connectivity index (χ2v) is 6.53. The third kappa shape index (κ3) is 4.37. The number of aliphatic hydroxyl groups is 1. The fraction of sp³-hybridized carbons (Fsp3) is 0.400. The molecule has 2 N–H and O–H groups in total. The lowest BCUT2D eigenvalue weighted by atomic mass is 9.87. The number of rotatable bonds is 5. The van der Waals surface area contributed by atoms with Gasteiger partial charge in [-0.1, -0.05) is 12.5 Å². The van der Waals surface area contributed by atoms with Gasteiger partial charge in [0.25, 0.3) is 5.91 Å². The molecular weight excluding hydrogens is 316 g/mol. The van der Waals surface area contributed by atoms with E-state index in [1.165, 1.54) is 0 Å². The van der Waals surface area contributed by atoms with Crippen molar-refractivity contribution in [2.24, 2.45) is 5.92 Å². The van der Waals surface area contributed by atoms with Crippen LogP contribution in [0.25, 0.3) is 11.3 Å². The smallest absolute Gasteiger partial charge is 0.251 e. The molecule has 1 aliphatic carbocycles. The van der Waals surface area contributed by atoms with Gasteiger partial charge in [-0.25, -0.2) is 0 Å². The van der Waals surface area contributed by atoms with Gasteiger partial charge in [0.1, 0.15) is 5.75 Å². The zero-order chi connectivity index (χ0) is 17.6. The summed E-state index contributed by atoms with van der Waals surface area (Å²) in [5, 5.41) is 12.7. The van der Waals surface area contributed by atoms with Crippen LogP contribution >= 0.6 is 0 Å². The minimum atomic E-state index is -0.229. The Hall–Kier alpha value is -2.40. The summed E-state index contributed by atoms with van der Waals surface area (Å²) in [5.74, 6) is 0.923. The third-order valence-corrected chi connectivity index (χ3v) is 4.71. The summed E-state index contributed by atoms with van der Waals surface area (Å²) in [6.45, 7) is 0.598. The largest absolute Gasteiger partial charge is 0.496 e. The molecule has 132 valence electrons. The summed E-state index contributed by atoms with van der Waals surface area (Å²) >= 11 is 0. The van der Waals surface area contributed by atoms with Crippen LogP contribution in [0.2, 0.25) is 0 Å². The van der Waals surface area contributed by atoms with E-state index in [0.717, 1.165) is 36.9 Å². The van der Waals surface area contributed by atoms with Gasteiger partial charge in [-0.3, -0.25) is 9.78 Å². The SMILES string of the molecule is COc1ccc(C(=O)NCC2CCCC(O)C2)cc1-c1ccccn1. The molecule has 0 radical (unpaired) electrons. The quantitative estimate of drug-likeness (QED) is 0.878. The first-order valence-corrected chi connectivity index (χ1v) is 8.73. The molecule has 1 aliphatic rings. The second kappa shape index (κ2) is 8.12. The molecule has 2 unspecified atom stereocenters. The maximum Gasteiger partial charge on any atom is 0.251 e. The van der Waals surface area contributed by atoms with Gasteiger partial charge in [0, 0.05) is 23.9 Å². The van der Waals surface area contributed by atoms with Crippen molar-refractivity contribution >= 4 is 5.91 Å². The molecule has 0 aliphatic heterocycles. The van der Waals surface area contributed by atoms with Crippen molar-refractivity contribution < 1.29 is 14.6 Å². The molecule has 5 heteroatoms. The number of carbonyl (C=O) groups is 1. The normalized spacial score (nSPS) is 20.1. The number of carbonyl (C=O) groups excluding carboxylic acids is 1. The van der Waals surface area contributed by atoms with E-state index < -0.39 is 0 Å². The summed E-state index contributed by atoms with van der Waals surface area (Å²) in [7, 11) is 1.61. The predicted octanol–water partition coefficient (Wildman–Crippen LogP) is 3.04. The zero-order valence-corrected chi connectivity index (χ0v) is 14.4. The Kier molecular flexibility index (Phi) is 5.66. The van der Waals surface area contributed by atoms with Crippen LogP contribution in [-0.2, 0) is 0 Å². The number of aliphatic hydroxyl groups excluding tert-OH is 1. The highest BCUT2D eigenvalue weighted by molar-refractivity contribution is 5.96. The Morgan fingerprint density at radius 2 is 2.20 bits per heavy atom. The maximum absolute atomic E-state index is 12.5. The van der Waals surface area contributed by atoms with Gasteiger partial charge < -0.3 is 15.2 Å². The molecule has 0 spiro atoms. The van der Waals surface area contributed by atoms with Crippen LogP contribution in [0.5, 0.6) is 5.75 Å². The summed E-state index contributed by atoms with van der Waals surface area (Å²) in [6.07, 6.45) is 5.20. The molecule has 1 amide bonds. The van der Waals surface area contributed by atoms with Crippen molar-refractivity contribution in [3.8, 4) is 17.0 Å². The molecule has 1 heterocycles. The van der Waals surface area contributed by atoms with E-state index in [0.29, 0.717) is 23.8 Å². The van der Waals surface area contributed by atoms with Gasteiger partial charge in [-0.2, -0.15) is 0 Å². The van der Waals surface area contributed by atoms with E-state index in [4.69, 9.17) is 4.74 Å². The van der Waals surface area contributed by atoms with Gasteiger partial charge in [0.2, 0.25) is 0 Å². The van der Waals surface area contributed by atoms with E-state index in [2.05, 4.69) is 10.3 Å². The third-order valence-electron chi connectivity index (χ3n) is 4.71. The second-order valence-electron chi connectivity index (χ2n) is 6.53. The minimum absolute atomic E-state index is 0.111. The number of nitrogens with zero attached hydrogens (tertiary/aromatic N) is 1. The first kappa shape index (κ1) is 17.4. The summed E-state index contributed by atoms with van der Waals surface area (Å²) in [5.41, 5.74) is 2.14. The van der Waals surface area contributed by atoms with Crippen LogP contribution in [0, 0.1) is 5.92 Å². The number of ether oxygens (including phenoxy) is 1. The van der Waals surface area contributed by atoms with Gasteiger partial charge in [-0.15, -0.1) is 0 Å². The van der Waals surface area contributed by atoms with Gasteiger partial charge in [0.15, 0.2) is 0 Å². The highest BCUT2D eigenvalue weighted by Crippen LogP contribution is 2.29. The average Bonchev–Trinajstić information content (AvgIpc) is 2.66. The standard InChI is InChI=1S/C20H24N2O3/c1-25-19-9-8-15(12-17(19)18-7-2-3-10-21-18)20(24)22-13-14-5-4-6-16(23)11-14/h2-3,7-10,12,14,16,23H,4-6,11,13H2,1H3,(H,22,24). The van der Waals surface area contributed by atoms with E-state index in [1.54, 1.807) is 25.4 Å². The van der Waals surface area contributed by atoms with Crippen LogP contribution < -0.4 is 10.1 Å². The lowest BCUT2D eigenvalue weighted by molar-refractivity contribution is 0.0874. The highest BCUT2D eigenvalue weighted by atomic mass is 16.5. The first-order valence-electron chi connectivity index (χ1n) is 8.73. The van der Waals surface area contributed by atoms with Crippen LogP contribution in [0.1, 0.15) is 36.0 Å². The first-order chi connectivity index (χ1) is 12.2. The molecule has 2 aromatic rings. The molecule has 3 rings (SSSR count). The number of benzene rings is 1. The summed E-state index contributed by atoms with van der Waals surface area (Å²) < 4.78 is 5.40. The number of pyridine rings is 1. The Morgan fingerprint density at radius 1 is 1.32 bits per heavy atom. The van der Waals surface area contributed by atoms with Crippen molar-refractivity contribution in [1.82, 2.24) is 10.3 Å². The lowest BCUT2D eigenvalue weighted by Crippen LogP contribution is -2.33. The van der Waals surface area contributed by atoms with E-state index in [-0.39, 0.29) is 12.0 Å². The molecule has 5 nitrogen and oxygen atoms in total. The lowest BCUT2D eigenvalue weighted by Gasteiger charge is -2.25. The van der Waals surface area contributed by atoms with Gasteiger partial charge in [0.05, 0.1) is 18.9 Å². The van der Waals surface area contributed by atoms with Crippen molar-refractivity contribution in [2.75, 3.05) is 13.7 Å². The number of aromatic nitrogens is 1. The van der Waals surface area contributed by atoms with Crippen LogP contribution in [0.3, 0.4) is 0 Å². The zero-order valence-electron chi connectivity index (χ0n) is 14.4. The Labute approximate surface area is 148 Å². The molecule has 25 heavy (non-hydrogen) atoms. The fourth-order valence-corrected chi connectivity index (χ4v) is 3.36. The van der Waals surface area contributed by atoms with Gasteiger partial charge in [-0.05, 0) is 55.5 Å². The Morgan fingerprint density at radius 3 is 2.92 bits per heavy atom. The fourth-order valence-electron chi connectivity index (χ4n) is 3.36. The Bertz CT molecular complexity index is 718. The molecule has 0 saturated heterocycles. The van der Waals surface area contributed by atoms with Crippen molar-refractivity contribution in [3.05, 3.63) is 48.2 Å². The van der Waals surface area contributed by atoms with Crippen molar-refractivity contribution in [2.45, 2.75) is 31.8 Å². The van der Waals surface area contributed by atoms with Crippen LogP contribution in [-0.4, -0.2) is 35.8 Å². The predicted molar refractivity (Wildman–Crippen MR) is 96.5 cm³/mol.